The Balaban J connectivity index is 0.00000361. The molecule has 7 nitrogen and oxygen atoms in total. The van der Waals surface area contributed by atoms with Gasteiger partial charge in [0.25, 0.3) is 5.91 Å². The van der Waals surface area contributed by atoms with Gasteiger partial charge in [0.1, 0.15) is 5.82 Å². The van der Waals surface area contributed by atoms with Crippen molar-refractivity contribution in [3.8, 4) is 0 Å². The minimum atomic E-state index is -1.28. The van der Waals surface area contributed by atoms with Crippen LogP contribution in [0.5, 0.6) is 0 Å². The number of nitrogens with zero attached hydrogens (tertiary/aromatic N) is 2. The van der Waals surface area contributed by atoms with E-state index >= 15 is 0 Å². The normalized spacial score (nSPS) is 18.5. The molecular weight excluding hydrogens is 517 g/mol. The number of thioether (sulfide) groups is 1. The van der Waals surface area contributed by atoms with Crippen LogP contribution in [0.4, 0.5) is 24.5 Å². The summed E-state index contributed by atoms with van der Waals surface area (Å²) < 4.78 is 45.9. The molecular formula is C24H28ClF3N4O3S. The van der Waals surface area contributed by atoms with E-state index in [2.05, 4.69) is 10.2 Å². The molecule has 0 saturated carbocycles. The minimum absolute atomic E-state index is 0. The van der Waals surface area contributed by atoms with E-state index in [0.717, 1.165) is 24.8 Å². The molecule has 2 aliphatic rings. The number of ether oxygens (including phenoxy) is 1. The van der Waals surface area contributed by atoms with Gasteiger partial charge in [-0.15, -0.1) is 24.2 Å². The van der Waals surface area contributed by atoms with Gasteiger partial charge in [-0.1, -0.05) is 0 Å². The molecule has 2 aromatic carbocycles. The SMILES string of the molecule is Cl.N[C@@H](CC(=O)N1CCSC1C(=O)Nc1ccc(N2CCOCC2)cc1)Cc1cc(F)c(F)cc1F. The Morgan fingerprint density at radius 1 is 1.06 bits per heavy atom. The van der Waals surface area contributed by atoms with E-state index in [1.807, 2.05) is 24.3 Å². The summed E-state index contributed by atoms with van der Waals surface area (Å²) in [5, 5.41) is 2.14. The largest absolute Gasteiger partial charge is 0.378 e. The van der Waals surface area contributed by atoms with E-state index in [-0.39, 0.29) is 42.6 Å². The molecule has 2 atom stereocenters. The zero-order chi connectivity index (χ0) is 24.9. The summed E-state index contributed by atoms with van der Waals surface area (Å²) in [4.78, 5) is 29.4. The first kappa shape index (κ1) is 28.1. The summed E-state index contributed by atoms with van der Waals surface area (Å²) in [6, 6.07) is 7.90. The zero-order valence-electron chi connectivity index (χ0n) is 19.4. The molecule has 0 bridgehead atoms. The molecule has 0 radical (unpaired) electrons. The predicted molar refractivity (Wildman–Crippen MR) is 136 cm³/mol. The topological polar surface area (TPSA) is 87.9 Å². The van der Waals surface area contributed by atoms with Crippen molar-refractivity contribution in [2.24, 2.45) is 5.73 Å². The lowest BCUT2D eigenvalue weighted by molar-refractivity contribution is -0.135. The number of carbonyl (C=O) groups is 2. The van der Waals surface area contributed by atoms with Crippen molar-refractivity contribution < 1.29 is 27.5 Å². The van der Waals surface area contributed by atoms with E-state index in [4.69, 9.17) is 10.5 Å². The monoisotopic (exact) mass is 544 g/mol. The molecule has 2 fully saturated rings. The highest BCUT2D eigenvalue weighted by Gasteiger charge is 2.35. The average Bonchev–Trinajstić information content (AvgIpc) is 3.34. The third-order valence-corrected chi connectivity index (χ3v) is 7.16. The van der Waals surface area contributed by atoms with Crippen molar-refractivity contribution in [3.05, 3.63) is 59.4 Å². The van der Waals surface area contributed by atoms with Gasteiger partial charge in [-0.2, -0.15) is 0 Å². The first-order valence-corrected chi connectivity index (χ1v) is 12.4. The first-order valence-electron chi connectivity index (χ1n) is 11.4. The second kappa shape index (κ2) is 12.7. The summed E-state index contributed by atoms with van der Waals surface area (Å²) in [6.45, 7) is 3.36. The third kappa shape index (κ3) is 6.84. The van der Waals surface area contributed by atoms with Crippen LogP contribution in [0.15, 0.2) is 36.4 Å². The summed E-state index contributed by atoms with van der Waals surface area (Å²) in [6.07, 6.45) is -0.293. The van der Waals surface area contributed by atoms with Crippen LogP contribution in [0.3, 0.4) is 0 Å². The van der Waals surface area contributed by atoms with Crippen molar-refractivity contribution in [3.63, 3.8) is 0 Å². The van der Waals surface area contributed by atoms with Crippen LogP contribution in [0.25, 0.3) is 0 Å². The number of amides is 2. The highest BCUT2D eigenvalue weighted by Crippen LogP contribution is 2.27. The number of nitrogens with two attached hydrogens (primary N) is 1. The molecule has 12 heteroatoms. The second-order valence-electron chi connectivity index (χ2n) is 8.47. The molecule has 0 aliphatic carbocycles. The van der Waals surface area contributed by atoms with Crippen molar-refractivity contribution in [2.45, 2.75) is 24.3 Å². The van der Waals surface area contributed by atoms with Crippen LogP contribution in [-0.2, 0) is 20.7 Å². The van der Waals surface area contributed by atoms with E-state index in [0.29, 0.717) is 37.3 Å². The molecule has 4 rings (SSSR count). The van der Waals surface area contributed by atoms with Crippen molar-refractivity contribution in [1.82, 2.24) is 4.90 Å². The van der Waals surface area contributed by atoms with Crippen molar-refractivity contribution >= 4 is 47.4 Å². The molecule has 3 N–H and O–H groups in total. The Morgan fingerprint density at radius 2 is 1.72 bits per heavy atom. The number of nitrogens with one attached hydrogen (secondary N) is 1. The van der Waals surface area contributed by atoms with Crippen LogP contribution >= 0.6 is 24.2 Å². The summed E-state index contributed by atoms with van der Waals surface area (Å²) in [5.41, 5.74) is 7.57. The van der Waals surface area contributed by atoms with Gasteiger partial charge in [0, 0.05) is 55.3 Å². The standard InChI is InChI=1S/C24H27F3N4O3S.ClH/c25-19-14-21(27)20(26)12-15(19)11-16(28)13-22(32)31-7-10-35-24(31)23(33)29-17-1-3-18(4-2-17)30-5-8-34-9-6-30;/h1-4,12,14,16,24H,5-11,13,28H2,(H,29,33);1H/t16-,24?;/m1./s1. The Labute approximate surface area is 217 Å². The summed E-state index contributed by atoms with van der Waals surface area (Å²) in [7, 11) is 0. The van der Waals surface area contributed by atoms with Gasteiger partial charge < -0.3 is 25.6 Å². The maximum absolute atomic E-state index is 13.9. The van der Waals surface area contributed by atoms with Crippen molar-refractivity contribution in [2.75, 3.05) is 48.8 Å². The Kier molecular flexibility index (Phi) is 9.89. The quantitative estimate of drug-likeness (QED) is 0.521. The number of morpholine rings is 1. The van der Waals surface area contributed by atoms with Gasteiger partial charge in [-0.05, 0) is 42.3 Å². The number of benzene rings is 2. The third-order valence-electron chi connectivity index (χ3n) is 5.95. The van der Waals surface area contributed by atoms with E-state index in [9.17, 15) is 22.8 Å². The zero-order valence-corrected chi connectivity index (χ0v) is 21.1. The fraction of sp³-hybridized carbons (Fsp3) is 0.417. The Hall–Kier alpha value is -2.47. The average molecular weight is 545 g/mol. The number of halogens is 4. The second-order valence-corrected chi connectivity index (χ2v) is 9.66. The first-order chi connectivity index (χ1) is 16.8. The van der Waals surface area contributed by atoms with Crippen LogP contribution in [0.1, 0.15) is 12.0 Å². The highest BCUT2D eigenvalue weighted by molar-refractivity contribution is 8.00. The molecule has 1 unspecified atom stereocenters. The predicted octanol–water partition coefficient (Wildman–Crippen LogP) is 3.16. The summed E-state index contributed by atoms with van der Waals surface area (Å²) >= 11 is 1.35. The van der Waals surface area contributed by atoms with Gasteiger partial charge in [-0.25, -0.2) is 13.2 Å². The smallest absolute Gasteiger partial charge is 0.257 e. The van der Waals surface area contributed by atoms with E-state index < -0.39 is 28.9 Å². The highest BCUT2D eigenvalue weighted by atomic mass is 35.5. The van der Waals surface area contributed by atoms with Crippen LogP contribution in [-0.4, -0.2) is 66.7 Å². The minimum Gasteiger partial charge on any atom is -0.378 e. The number of rotatable bonds is 7. The van der Waals surface area contributed by atoms with E-state index in [1.54, 1.807) is 0 Å². The van der Waals surface area contributed by atoms with Gasteiger partial charge in [-0.3, -0.25) is 9.59 Å². The molecule has 2 heterocycles. The molecule has 2 aromatic rings. The molecule has 2 amide bonds. The van der Waals surface area contributed by atoms with Gasteiger partial charge >= 0.3 is 0 Å². The fourth-order valence-corrected chi connectivity index (χ4v) is 5.28. The van der Waals surface area contributed by atoms with Crippen LogP contribution in [0.2, 0.25) is 0 Å². The van der Waals surface area contributed by atoms with E-state index in [1.165, 1.54) is 16.7 Å². The Bertz CT molecular complexity index is 1070. The van der Waals surface area contributed by atoms with Gasteiger partial charge in [0.2, 0.25) is 5.91 Å². The lowest BCUT2D eigenvalue weighted by Crippen LogP contribution is -2.44. The molecule has 36 heavy (non-hydrogen) atoms. The number of anilines is 2. The molecule has 0 aromatic heterocycles. The molecule has 2 aliphatic heterocycles. The van der Waals surface area contributed by atoms with Crippen LogP contribution in [0, 0.1) is 17.5 Å². The number of carbonyl (C=O) groups excluding carboxylic acids is 2. The number of hydrogen-bond donors (Lipinski definition) is 2. The maximum atomic E-state index is 13.9. The van der Waals surface area contributed by atoms with Crippen molar-refractivity contribution in [1.29, 1.82) is 0 Å². The lowest BCUT2D eigenvalue weighted by atomic mass is 10.0. The van der Waals surface area contributed by atoms with Gasteiger partial charge in [0.15, 0.2) is 17.0 Å². The van der Waals surface area contributed by atoms with Crippen LogP contribution < -0.4 is 16.0 Å². The molecule has 0 spiro atoms. The maximum Gasteiger partial charge on any atom is 0.257 e. The number of hydrogen-bond acceptors (Lipinski definition) is 6. The molecule has 196 valence electrons. The summed E-state index contributed by atoms with van der Waals surface area (Å²) in [5.74, 6) is -3.46. The lowest BCUT2D eigenvalue weighted by Gasteiger charge is -2.29. The fourth-order valence-electron chi connectivity index (χ4n) is 4.14. The Morgan fingerprint density at radius 3 is 2.42 bits per heavy atom. The van der Waals surface area contributed by atoms with Gasteiger partial charge in [0.05, 0.1) is 13.2 Å². The molecule has 2 saturated heterocycles.